The van der Waals surface area contributed by atoms with Gasteiger partial charge in [-0.2, -0.15) is 0 Å². The number of imidazole rings is 1. The Hall–Kier alpha value is -3.34. The van der Waals surface area contributed by atoms with Crippen LogP contribution in [0, 0.1) is 20.8 Å². The number of aromatic nitrogens is 5. The van der Waals surface area contributed by atoms with Gasteiger partial charge in [-0.05, 0) is 51.0 Å². The van der Waals surface area contributed by atoms with Gasteiger partial charge in [-0.25, -0.2) is 15.0 Å². The van der Waals surface area contributed by atoms with Crippen molar-refractivity contribution in [3.8, 4) is 0 Å². The van der Waals surface area contributed by atoms with E-state index in [2.05, 4.69) is 58.1 Å². The highest BCUT2D eigenvalue weighted by atomic mass is 15.0. The molecule has 0 fully saturated rings. The summed E-state index contributed by atoms with van der Waals surface area (Å²) >= 11 is 0. The lowest BCUT2D eigenvalue weighted by Crippen LogP contribution is -2.02. The van der Waals surface area contributed by atoms with Crippen LogP contribution >= 0.6 is 0 Å². The molecule has 0 bridgehead atoms. The van der Waals surface area contributed by atoms with Crippen molar-refractivity contribution in [2.45, 2.75) is 33.6 Å². The Morgan fingerprint density at radius 1 is 1.07 bits per heavy atom. The number of aryl methyl sites for hydroxylation is 5. The van der Waals surface area contributed by atoms with Crippen LogP contribution in [0.2, 0.25) is 0 Å². The minimum atomic E-state index is 0.743. The number of hydrogen-bond acceptors (Lipinski definition) is 4. The van der Waals surface area contributed by atoms with Gasteiger partial charge in [0.25, 0.3) is 0 Å². The third-order valence-corrected chi connectivity index (χ3v) is 5.05. The molecule has 0 radical (unpaired) electrons. The van der Waals surface area contributed by atoms with Crippen LogP contribution in [0.5, 0.6) is 0 Å². The molecule has 0 saturated heterocycles. The summed E-state index contributed by atoms with van der Waals surface area (Å²) in [6.07, 6.45) is 11.2. The molecule has 140 valence electrons. The van der Waals surface area contributed by atoms with Gasteiger partial charge < -0.3 is 4.40 Å². The van der Waals surface area contributed by atoms with Gasteiger partial charge in [-0.15, -0.1) is 0 Å². The van der Waals surface area contributed by atoms with E-state index >= 15 is 0 Å². The van der Waals surface area contributed by atoms with Gasteiger partial charge in [0, 0.05) is 30.1 Å². The first kappa shape index (κ1) is 18.0. The van der Waals surface area contributed by atoms with Crippen LogP contribution in [-0.2, 0) is 12.8 Å². The quantitative estimate of drug-likeness (QED) is 0.483. The molecule has 0 N–H and O–H groups in total. The summed E-state index contributed by atoms with van der Waals surface area (Å²) in [4.78, 5) is 18.6. The summed E-state index contributed by atoms with van der Waals surface area (Å²) in [6.45, 7) is 9.97. The number of pyridine rings is 2. The van der Waals surface area contributed by atoms with Crippen molar-refractivity contribution in [2.75, 3.05) is 0 Å². The normalized spacial score (nSPS) is 11.7. The summed E-state index contributed by atoms with van der Waals surface area (Å²) < 4.78 is 2.15. The highest BCUT2D eigenvalue weighted by molar-refractivity contribution is 5.75. The van der Waals surface area contributed by atoms with Gasteiger partial charge in [0.05, 0.1) is 16.9 Å². The van der Waals surface area contributed by atoms with E-state index < -0.39 is 0 Å². The predicted octanol–water partition coefficient (Wildman–Crippen LogP) is 4.58. The number of hydrogen-bond donors (Lipinski definition) is 0. The van der Waals surface area contributed by atoms with Crippen LogP contribution in [0.4, 0.5) is 0 Å². The second kappa shape index (κ2) is 7.35. The molecule has 0 atom stereocenters. The third kappa shape index (κ3) is 3.20. The molecular formula is C23H23N5. The molecule has 4 aromatic heterocycles. The molecule has 0 unspecified atom stereocenters. The fourth-order valence-corrected chi connectivity index (χ4v) is 3.51. The lowest BCUT2D eigenvalue weighted by atomic mass is 10.1. The fraction of sp³-hybridized carbons (Fsp3) is 0.217. The van der Waals surface area contributed by atoms with E-state index in [9.17, 15) is 0 Å². The van der Waals surface area contributed by atoms with Crippen LogP contribution < -0.4 is 0 Å². The van der Waals surface area contributed by atoms with Gasteiger partial charge in [-0.1, -0.05) is 24.8 Å². The molecule has 4 rings (SSSR count). The van der Waals surface area contributed by atoms with Crippen molar-refractivity contribution >= 4 is 22.8 Å². The Bertz CT molecular complexity index is 1220. The van der Waals surface area contributed by atoms with Gasteiger partial charge >= 0.3 is 0 Å². The average molecular weight is 369 g/mol. The number of rotatable bonds is 5. The molecule has 0 aliphatic carbocycles. The lowest BCUT2D eigenvalue weighted by molar-refractivity contribution is 0.835. The molecule has 0 spiro atoms. The zero-order valence-electron chi connectivity index (χ0n) is 16.5. The summed E-state index contributed by atoms with van der Waals surface area (Å²) in [5.74, 6) is 0.831. The second-order valence-electron chi connectivity index (χ2n) is 6.94. The zero-order chi connectivity index (χ0) is 19.7. The van der Waals surface area contributed by atoms with Crippen molar-refractivity contribution in [1.82, 2.24) is 24.3 Å². The van der Waals surface area contributed by atoms with E-state index in [4.69, 9.17) is 4.98 Å². The molecule has 0 aromatic carbocycles. The second-order valence-corrected chi connectivity index (χ2v) is 6.94. The molecule has 28 heavy (non-hydrogen) atoms. The van der Waals surface area contributed by atoms with Gasteiger partial charge in [0.2, 0.25) is 0 Å². The summed E-state index contributed by atoms with van der Waals surface area (Å²) in [7, 11) is 0. The molecular weight excluding hydrogens is 346 g/mol. The Balaban J connectivity index is 1.68. The minimum Gasteiger partial charge on any atom is -0.304 e. The van der Waals surface area contributed by atoms with E-state index in [1.54, 1.807) is 12.3 Å². The van der Waals surface area contributed by atoms with E-state index in [-0.39, 0.29) is 0 Å². The van der Waals surface area contributed by atoms with Crippen LogP contribution in [0.1, 0.15) is 34.0 Å². The fourth-order valence-electron chi connectivity index (χ4n) is 3.51. The van der Waals surface area contributed by atoms with Crippen LogP contribution in [-0.4, -0.2) is 24.3 Å². The van der Waals surface area contributed by atoms with Gasteiger partial charge in [0.15, 0.2) is 0 Å². The Morgan fingerprint density at radius 3 is 2.75 bits per heavy atom. The monoisotopic (exact) mass is 369 g/mol. The first-order chi connectivity index (χ1) is 13.6. The average Bonchev–Trinajstić information content (AvgIpc) is 3.01. The van der Waals surface area contributed by atoms with E-state index in [0.717, 1.165) is 58.0 Å². The largest absolute Gasteiger partial charge is 0.304 e. The Kier molecular flexibility index (Phi) is 4.74. The SMILES string of the molecule is C=C/C=C\c1c(C)ccn2c(C)c(CCc3nc(C)c4ncccc4n3)nc12. The first-order valence-electron chi connectivity index (χ1n) is 9.43. The van der Waals surface area contributed by atoms with Crippen molar-refractivity contribution in [2.24, 2.45) is 0 Å². The maximum Gasteiger partial charge on any atom is 0.144 e. The van der Waals surface area contributed by atoms with E-state index in [0.29, 0.717) is 0 Å². The maximum atomic E-state index is 4.94. The lowest BCUT2D eigenvalue weighted by Gasteiger charge is -2.04. The predicted molar refractivity (Wildman–Crippen MR) is 113 cm³/mol. The molecule has 0 saturated carbocycles. The van der Waals surface area contributed by atoms with E-state index in [1.807, 2.05) is 25.1 Å². The number of nitrogens with zero attached hydrogens (tertiary/aromatic N) is 5. The molecule has 0 aliphatic rings. The first-order valence-corrected chi connectivity index (χ1v) is 9.43. The van der Waals surface area contributed by atoms with E-state index in [1.165, 1.54) is 5.56 Å². The van der Waals surface area contributed by atoms with Gasteiger partial charge in [0.1, 0.15) is 17.0 Å². The summed E-state index contributed by atoms with van der Waals surface area (Å²) in [5.41, 5.74) is 8.20. The van der Waals surface area contributed by atoms with Crippen LogP contribution in [0.25, 0.3) is 22.8 Å². The summed E-state index contributed by atoms with van der Waals surface area (Å²) in [6, 6.07) is 6.01. The van der Waals surface area contributed by atoms with Gasteiger partial charge in [-0.3, -0.25) is 4.98 Å². The van der Waals surface area contributed by atoms with Crippen molar-refractivity contribution in [3.63, 3.8) is 0 Å². The molecule has 0 aliphatic heterocycles. The van der Waals surface area contributed by atoms with Crippen molar-refractivity contribution in [3.05, 3.63) is 83.4 Å². The highest BCUT2D eigenvalue weighted by Gasteiger charge is 2.13. The van der Waals surface area contributed by atoms with Crippen molar-refractivity contribution < 1.29 is 0 Å². The Labute approximate surface area is 164 Å². The van der Waals surface area contributed by atoms with Crippen molar-refractivity contribution in [1.29, 1.82) is 0 Å². The zero-order valence-corrected chi connectivity index (χ0v) is 16.5. The highest BCUT2D eigenvalue weighted by Crippen LogP contribution is 2.21. The molecule has 5 heteroatoms. The smallest absolute Gasteiger partial charge is 0.144 e. The molecule has 4 aromatic rings. The summed E-state index contributed by atoms with van der Waals surface area (Å²) in [5, 5.41) is 0. The molecule has 4 heterocycles. The molecule has 0 amide bonds. The third-order valence-electron chi connectivity index (χ3n) is 5.05. The minimum absolute atomic E-state index is 0.743. The number of allylic oxidation sites excluding steroid dienone is 2. The van der Waals surface area contributed by atoms with Crippen LogP contribution in [0.15, 0.2) is 49.3 Å². The topological polar surface area (TPSA) is 56.0 Å². The molecule has 5 nitrogen and oxygen atoms in total. The standard InChI is InChI=1S/C23H23N5/c1-5-6-8-18-15(2)12-14-28-17(4)19(27-23(18)28)10-11-21-25-16(3)22-20(26-21)9-7-13-24-22/h5-9,12-14H,1,10-11H2,2-4H3/b8-6-. The van der Waals surface area contributed by atoms with Crippen LogP contribution in [0.3, 0.4) is 0 Å². The Morgan fingerprint density at radius 2 is 1.93 bits per heavy atom. The number of fused-ring (bicyclic) bond motifs is 2. The maximum absolute atomic E-state index is 4.94.